The topological polar surface area (TPSA) is 66.8 Å². The third-order valence-electron chi connectivity index (χ3n) is 3.10. The van der Waals surface area contributed by atoms with Crippen LogP contribution in [0.5, 0.6) is 5.75 Å². The van der Waals surface area contributed by atoms with Gasteiger partial charge in [-0.2, -0.15) is 16.1 Å². The molecule has 0 fully saturated rings. The molecule has 120 valence electrons. The van der Waals surface area contributed by atoms with E-state index in [2.05, 4.69) is 0 Å². The van der Waals surface area contributed by atoms with Crippen LogP contribution in [0.1, 0.15) is 13.3 Å². The maximum atomic E-state index is 12.5. The van der Waals surface area contributed by atoms with Crippen molar-refractivity contribution in [1.82, 2.24) is 4.31 Å². The molecule has 0 spiro atoms. The van der Waals surface area contributed by atoms with Crippen LogP contribution in [0.15, 0.2) is 29.2 Å². The second-order valence-corrected chi connectivity index (χ2v) is 7.63. The second kappa shape index (κ2) is 8.63. The minimum Gasteiger partial charge on any atom is -0.494 e. The number of hydrogen-bond acceptors (Lipinski definition) is 5. The Morgan fingerprint density at radius 1 is 1.33 bits per heavy atom. The normalized spacial score (nSPS) is 13.4. The van der Waals surface area contributed by atoms with Gasteiger partial charge >= 0.3 is 0 Å². The molecule has 1 atom stereocenters. The second-order valence-electron chi connectivity index (χ2n) is 4.72. The summed E-state index contributed by atoms with van der Waals surface area (Å²) in [5.41, 5.74) is 0. The number of aliphatic hydroxyl groups is 1. The summed E-state index contributed by atoms with van der Waals surface area (Å²) in [4.78, 5) is 0.257. The summed E-state index contributed by atoms with van der Waals surface area (Å²) >= 11 is 1.62. The summed E-state index contributed by atoms with van der Waals surface area (Å²) in [6.07, 6.45) is 2.50. The zero-order valence-electron chi connectivity index (χ0n) is 12.7. The molecule has 1 unspecified atom stereocenters. The van der Waals surface area contributed by atoms with Gasteiger partial charge in [-0.1, -0.05) is 0 Å². The SMILES string of the molecule is CSCC(C)N(C)S(=O)(=O)c1ccc(OCCCO)cc1. The van der Waals surface area contributed by atoms with E-state index in [0.29, 0.717) is 18.8 Å². The van der Waals surface area contributed by atoms with E-state index in [9.17, 15) is 8.42 Å². The molecule has 0 saturated heterocycles. The highest BCUT2D eigenvalue weighted by Crippen LogP contribution is 2.21. The van der Waals surface area contributed by atoms with Gasteiger partial charge in [0.25, 0.3) is 0 Å². The number of ether oxygens (including phenoxy) is 1. The standard InChI is InChI=1S/C14H23NO4S2/c1-12(11-20-3)15(2)21(17,18)14-7-5-13(6-8-14)19-10-4-9-16/h5-8,12,16H,4,9-11H2,1-3H3. The van der Waals surface area contributed by atoms with Crippen molar-refractivity contribution < 1.29 is 18.3 Å². The number of nitrogens with zero attached hydrogens (tertiary/aromatic N) is 1. The first-order chi connectivity index (χ1) is 9.93. The largest absolute Gasteiger partial charge is 0.494 e. The molecule has 0 radical (unpaired) electrons. The fraction of sp³-hybridized carbons (Fsp3) is 0.571. The molecule has 1 aromatic rings. The Labute approximate surface area is 131 Å². The predicted molar refractivity (Wildman–Crippen MR) is 86.4 cm³/mol. The van der Waals surface area contributed by atoms with Gasteiger partial charge in [-0.3, -0.25) is 0 Å². The molecule has 21 heavy (non-hydrogen) atoms. The highest BCUT2D eigenvalue weighted by atomic mass is 32.2. The van der Waals surface area contributed by atoms with Crippen molar-refractivity contribution in [2.75, 3.05) is 32.3 Å². The highest BCUT2D eigenvalue weighted by Gasteiger charge is 2.24. The molecule has 0 aliphatic carbocycles. The minimum atomic E-state index is -3.48. The van der Waals surface area contributed by atoms with Gasteiger partial charge in [-0.25, -0.2) is 8.42 Å². The molecule has 0 heterocycles. The number of sulfonamides is 1. The van der Waals surface area contributed by atoms with E-state index in [0.717, 1.165) is 5.75 Å². The fourth-order valence-electron chi connectivity index (χ4n) is 1.71. The van der Waals surface area contributed by atoms with Gasteiger partial charge in [0.05, 0.1) is 11.5 Å². The Hall–Kier alpha value is -0.760. The summed E-state index contributed by atoms with van der Waals surface area (Å²) in [5.74, 6) is 1.35. The van der Waals surface area contributed by atoms with Gasteiger partial charge < -0.3 is 9.84 Å². The molecule has 1 N–H and O–H groups in total. The van der Waals surface area contributed by atoms with Crippen molar-refractivity contribution in [3.8, 4) is 5.75 Å². The average molecular weight is 333 g/mol. The molecule has 1 rings (SSSR count). The maximum absolute atomic E-state index is 12.5. The number of benzene rings is 1. The van der Waals surface area contributed by atoms with E-state index in [1.54, 1.807) is 43.1 Å². The molecule has 0 aromatic heterocycles. The zero-order chi connectivity index (χ0) is 15.9. The summed E-state index contributed by atoms with van der Waals surface area (Å²) in [7, 11) is -1.88. The van der Waals surface area contributed by atoms with Gasteiger partial charge in [0, 0.05) is 31.9 Å². The van der Waals surface area contributed by atoms with Crippen LogP contribution >= 0.6 is 11.8 Å². The van der Waals surface area contributed by atoms with Crippen LogP contribution < -0.4 is 4.74 Å². The van der Waals surface area contributed by atoms with Crippen molar-refractivity contribution in [3.63, 3.8) is 0 Å². The first kappa shape index (κ1) is 18.3. The van der Waals surface area contributed by atoms with Crippen LogP contribution in [0.3, 0.4) is 0 Å². The maximum Gasteiger partial charge on any atom is 0.243 e. The number of rotatable bonds is 9. The third-order valence-corrected chi connectivity index (χ3v) is 5.90. The van der Waals surface area contributed by atoms with Crippen LogP contribution in [-0.4, -0.2) is 56.1 Å². The predicted octanol–water partition coefficient (Wildman–Crippen LogP) is 1.82. The third kappa shape index (κ3) is 5.18. The van der Waals surface area contributed by atoms with Crippen molar-refractivity contribution in [2.24, 2.45) is 0 Å². The Morgan fingerprint density at radius 2 is 1.95 bits per heavy atom. The first-order valence-electron chi connectivity index (χ1n) is 6.74. The minimum absolute atomic E-state index is 0.0644. The van der Waals surface area contributed by atoms with Gasteiger partial charge in [-0.15, -0.1) is 0 Å². The molecule has 0 amide bonds. The van der Waals surface area contributed by atoms with Gasteiger partial charge in [0.2, 0.25) is 10.0 Å². The number of thioether (sulfide) groups is 1. The van der Waals surface area contributed by atoms with E-state index in [-0.39, 0.29) is 17.5 Å². The number of hydrogen-bond donors (Lipinski definition) is 1. The monoisotopic (exact) mass is 333 g/mol. The molecular weight excluding hydrogens is 310 g/mol. The van der Waals surface area contributed by atoms with E-state index in [1.807, 2.05) is 13.2 Å². The smallest absolute Gasteiger partial charge is 0.243 e. The average Bonchev–Trinajstić information content (AvgIpc) is 2.47. The Kier molecular flexibility index (Phi) is 7.51. The van der Waals surface area contributed by atoms with E-state index in [4.69, 9.17) is 9.84 Å². The summed E-state index contributed by atoms with van der Waals surface area (Å²) in [5, 5.41) is 8.69. The lowest BCUT2D eigenvalue weighted by Gasteiger charge is -2.23. The fourth-order valence-corrected chi connectivity index (χ4v) is 3.87. The molecule has 0 aliphatic rings. The van der Waals surface area contributed by atoms with Crippen LogP contribution in [0, 0.1) is 0 Å². The van der Waals surface area contributed by atoms with E-state index >= 15 is 0 Å². The molecule has 0 saturated carbocycles. The summed E-state index contributed by atoms with van der Waals surface area (Å²) < 4.78 is 31.7. The van der Waals surface area contributed by atoms with Crippen molar-refractivity contribution >= 4 is 21.8 Å². The van der Waals surface area contributed by atoms with Crippen molar-refractivity contribution in [1.29, 1.82) is 0 Å². The van der Waals surface area contributed by atoms with Crippen LogP contribution in [-0.2, 0) is 10.0 Å². The lowest BCUT2D eigenvalue weighted by Crippen LogP contribution is -2.36. The van der Waals surface area contributed by atoms with Crippen LogP contribution in [0.2, 0.25) is 0 Å². The van der Waals surface area contributed by atoms with E-state index < -0.39 is 10.0 Å². The Balaban J connectivity index is 2.79. The van der Waals surface area contributed by atoms with Crippen molar-refractivity contribution in [2.45, 2.75) is 24.3 Å². The van der Waals surface area contributed by atoms with Crippen molar-refractivity contribution in [3.05, 3.63) is 24.3 Å². The molecule has 0 aliphatic heterocycles. The molecule has 5 nitrogen and oxygen atoms in total. The lowest BCUT2D eigenvalue weighted by atomic mass is 10.3. The van der Waals surface area contributed by atoms with Crippen LogP contribution in [0.25, 0.3) is 0 Å². The highest BCUT2D eigenvalue weighted by molar-refractivity contribution is 7.98. The zero-order valence-corrected chi connectivity index (χ0v) is 14.3. The lowest BCUT2D eigenvalue weighted by molar-refractivity contribution is 0.233. The summed E-state index contributed by atoms with van der Waals surface area (Å²) in [6, 6.07) is 6.30. The molecular formula is C14H23NO4S2. The van der Waals surface area contributed by atoms with Crippen LogP contribution in [0.4, 0.5) is 0 Å². The Morgan fingerprint density at radius 3 is 2.48 bits per heavy atom. The number of aliphatic hydroxyl groups excluding tert-OH is 1. The summed E-state index contributed by atoms with van der Waals surface area (Å²) in [6.45, 7) is 2.37. The molecule has 1 aromatic carbocycles. The molecule has 7 heteroatoms. The van der Waals surface area contributed by atoms with E-state index in [1.165, 1.54) is 4.31 Å². The first-order valence-corrected chi connectivity index (χ1v) is 9.57. The van der Waals surface area contributed by atoms with Gasteiger partial charge in [0.15, 0.2) is 0 Å². The quantitative estimate of drug-likeness (QED) is 0.698. The van der Waals surface area contributed by atoms with Gasteiger partial charge in [-0.05, 0) is 37.4 Å². The van der Waals surface area contributed by atoms with Gasteiger partial charge in [0.1, 0.15) is 5.75 Å². The Bertz CT molecular complexity index is 516. The molecule has 0 bridgehead atoms.